The minimum absolute atomic E-state index is 0.142. The SMILES string of the molecule is O=C(CNC1(C(=O)O)CCC1)Nc1ccc(F)cc1F. The van der Waals surface area contributed by atoms with Crippen LogP contribution in [-0.4, -0.2) is 29.1 Å². The fraction of sp³-hybridized carbons (Fsp3) is 0.385. The molecule has 5 nitrogen and oxygen atoms in total. The van der Waals surface area contributed by atoms with Gasteiger partial charge in [0.25, 0.3) is 0 Å². The van der Waals surface area contributed by atoms with Crippen molar-refractivity contribution in [2.45, 2.75) is 24.8 Å². The Balaban J connectivity index is 1.91. The minimum atomic E-state index is -1.06. The summed E-state index contributed by atoms with van der Waals surface area (Å²) < 4.78 is 26.0. The van der Waals surface area contributed by atoms with Crippen molar-refractivity contribution in [3.63, 3.8) is 0 Å². The molecule has 1 aliphatic rings. The Kier molecular flexibility index (Phi) is 3.99. The molecule has 0 aromatic heterocycles. The van der Waals surface area contributed by atoms with Crippen molar-refractivity contribution in [3.05, 3.63) is 29.8 Å². The number of hydrogen-bond donors (Lipinski definition) is 3. The summed E-state index contributed by atoms with van der Waals surface area (Å²) in [7, 11) is 0. The van der Waals surface area contributed by atoms with E-state index in [1.807, 2.05) is 0 Å². The van der Waals surface area contributed by atoms with Crippen LogP contribution >= 0.6 is 0 Å². The summed E-state index contributed by atoms with van der Waals surface area (Å²) in [5.74, 6) is -3.19. The molecule has 1 aliphatic carbocycles. The lowest BCUT2D eigenvalue weighted by atomic mass is 9.77. The van der Waals surface area contributed by atoms with E-state index in [4.69, 9.17) is 5.11 Å². The first-order valence-corrected chi connectivity index (χ1v) is 6.16. The van der Waals surface area contributed by atoms with Crippen molar-refractivity contribution >= 4 is 17.6 Å². The number of rotatable bonds is 5. The molecule has 1 saturated carbocycles. The number of aliphatic carboxylic acids is 1. The Hall–Kier alpha value is -2.02. The van der Waals surface area contributed by atoms with Gasteiger partial charge in [-0.15, -0.1) is 0 Å². The molecule has 20 heavy (non-hydrogen) atoms. The molecule has 7 heteroatoms. The summed E-state index contributed by atoms with van der Waals surface area (Å²) in [4.78, 5) is 22.7. The molecule has 1 aromatic rings. The van der Waals surface area contributed by atoms with E-state index < -0.39 is 29.0 Å². The van der Waals surface area contributed by atoms with E-state index in [-0.39, 0.29) is 12.2 Å². The Morgan fingerprint density at radius 1 is 1.30 bits per heavy atom. The average Bonchev–Trinajstić information content (AvgIpc) is 2.31. The number of amides is 1. The van der Waals surface area contributed by atoms with E-state index in [9.17, 15) is 18.4 Å². The zero-order chi connectivity index (χ0) is 14.8. The van der Waals surface area contributed by atoms with Gasteiger partial charge in [0.15, 0.2) is 0 Å². The van der Waals surface area contributed by atoms with Crippen LogP contribution in [0.25, 0.3) is 0 Å². The third-order valence-corrected chi connectivity index (χ3v) is 3.41. The maximum absolute atomic E-state index is 13.3. The lowest BCUT2D eigenvalue weighted by Crippen LogP contribution is -2.58. The predicted molar refractivity (Wildman–Crippen MR) is 67.2 cm³/mol. The molecule has 0 unspecified atom stereocenters. The molecular weight excluding hydrogens is 270 g/mol. The lowest BCUT2D eigenvalue weighted by Gasteiger charge is -2.38. The van der Waals surface area contributed by atoms with Gasteiger partial charge in [-0.2, -0.15) is 0 Å². The van der Waals surface area contributed by atoms with Crippen molar-refractivity contribution in [3.8, 4) is 0 Å². The lowest BCUT2D eigenvalue weighted by molar-refractivity contribution is -0.148. The van der Waals surface area contributed by atoms with Crippen LogP contribution in [0.1, 0.15) is 19.3 Å². The molecule has 0 saturated heterocycles. The van der Waals surface area contributed by atoms with E-state index in [1.54, 1.807) is 0 Å². The van der Waals surface area contributed by atoms with Crippen LogP contribution in [0.5, 0.6) is 0 Å². The smallest absolute Gasteiger partial charge is 0.323 e. The van der Waals surface area contributed by atoms with Gasteiger partial charge in [0.2, 0.25) is 5.91 Å². The van der Waals surface area contributed by atoms with E-state index in [2.05, 4.69) is 10.6 Å². The molecule has 3 N–H and O–H groups in total. The second-order valence-corrected chi connectivity index (χ2v) is 4.77. The highest BCUT2D eigenvalue weighted by atomic mass is 19.1. The summed E-state index contributed by atoms with van der Waals surface area (Å²) in [5, 5.41) is 14.0. The average molecular weight is 284 g/mol. The van der Waals surface area contributed by atoms with Gasteiger partial charge < -0.3 is 10.4 Å². The van der Waals surface area contributed by atoms with E-state index in [1.165, 1.54) is 0 Å². The van der Waals surface area contributed by atoms with Crippen LogP contribution in [0.15, 0.2) is 18.2 Å². The summed E-state index contributed by atoms with van der Waals surface area (Å²) in [6.07, 6.45) is 1.70. The van der Waals surface area contributed by atoms with Crippen molar-refractivity contribution in [2.75, 3.05) is 11.9 Å². The number of benzene rings is 1. The summed E-state index contributed by atoms with van der Waals surface area (Å²) >= 11 is 0. The van der Waals surface area contributed by atoms with Crippen LogP contribution in [0.3, 0.4) is 0 Å². The molecule has 0 spiro atoms. The zero-order valence-corrected chi connectivity index (χ0v) is 10.6. The van der Waals surface area contributed by atoms with Gasteiger partial charge in [0, 0.05) is 6.07 Å². The first kappa shape index (κ1) is 14.4. The van der Waals surface area contributed by atoms with E-state index >= 15 is 0 Å². The van der Waals surface area contributed by atoms with Gasteiger partial charge in [-0.1, -0.05) is 0 Å². The van der Waals surface area contributed by atoms with E-state index in [0.717, 1.165) is 18.6 Å². The normalized spacial score (nSPS) is 16.3. The highest BCUT2D eigenvalue weighted by Gasteiger charge is 2.44. The summed E-state index contributed by atoms with van der Waals surface area (Å²) in [6, 6.07) is 2.80. The zero-order valence-electron chi connectivity index (χ0n) is 10.6. The number of nitrogens with one attached hydrogen (secondary N) is 2. The number of halogens is 2. The highest BCUT2D eigenvalue weighted by Crippen LogP contribution is 2.31. The molecule has 0 radical (unpaired) electrons. The highest BCUT2D eigenvalue weighted by molar-refractivity contribution is 5.93. The fourth-order valence-corrected chi connectivity index (χ4v) is 2.03. The van der Waals surface area contributed by atoms with Gasteiger partial charge in [0.05, 0.1) is 12.2 Å². The number of carboxylic acid groups (broad SMARTS) is 1. The Morgan fingerprint density at radius 2 is 2.00 bits per heavy atom. The second kappa shape index (κ2) is 5.54. The van der Waals surface area contributed by atoms with Crippen LogP contribution in [0, 0.1) is 11.6 Å². The van der Waals surface area contributed by atoms with Gasteiger partial charge >= 0.3 is 5.97 Å². The molecule has 108 valence electrons. The number of anilines is 1. The molecule has 0 atom stereocenters. The van der Waals surface area contributed by atoms with Gasteiger partial charge in [0.1, 0.15) is 17.2 Å². The van der Waals surface area contributed by atoms with Crippen molar-refractivity contribution in [1.29, 1.82) is 0 Å². The summed E-state index contributed by atoms with van der Waals surface area (Å²) in [5.41, 5.74) is -1.20. The quantitative estimate of drug-likeness (QED) is 0.765. The minimum Gasteiger partial charge on any atom is -0.480 e. The molecule has 0 heterocycles. The van der Waals surface area contributed by atoms with Crippen LogP contribution in [0.4, 0.5) is 14.5 Å². The predicted octanol–water partition coefficient (Wildman–Crippen LogP) is 1.50. The molecule has 0 aliphatic heterocycles. The van der Waals surface area contributed by atoms with Gasteiger partial charge in [-0.25, -0.2) is 8.78 Å². The third-order valence-electron chi connectivity index (χ3n) is 3.41. The molecule has 1 amide bonds. The Labute approximate surface area is 114 Å². The monoisotopic (exact) mass is 284 g/mol. The number of hydrogen-bond acceptors (Lipinski definition) is 3. The van der Waals surface area contributed by atoms with Gasteiger partial charge in [-0.3, -0.25) is 14.9 Å². The topological polar surface area (TPSA) is 78.4 Å². The number of carbonyl (C=O) groups excluding carboxylic acids is 1. The van der Waals surface area contributed by atoms with Crippen molar-refractivity contribution in [2.24, 2.45) is 0 Å². The maximum atomic E-state index is 13.3. The van der Waals surface area contributed by atoms with Crippen molar-refractivity contribution in [1.82, 2.24) is 5.32 Å². The molecule has 2 rings (SSSR count). The molecule has 0 bridgehead atoms. The van der Waals surface area contributed by atoms with E-state index in [0.29, 0.717) is 18.9 Å². The first-order chi connectivity index (χ1) is 9.43. The molecule has 1 fully saturated rings. The Bertz CT molecular complexity index is 544. The second-order valence-electron chi connectivity index (χ2n) is 4.77. The summed E-state index contributed by atoms with van der Waals surface area (Å²) in [6.45, 7) is -0.247. The van der Waals surface area contributed by atoms with Crippen LogP contribution in [-0.2, 0) is 9.59 Å². The van der Waals surface area contributed by atoms with Crippen molar-refractivity contribution < 1.29 is 23.5 Å². The number of carboxylic acids is 1. The molecule has 1 aromatic carbocycles. The standard InChI is InChI=1S/C13H14F2N2O3/c14-8-2-3-10(9(15)6-8)17-11(18)7-16-13(12(19)20)4-1-5-13/h2-3,6,16H,1,4-5,7H2,(H,17,18)(H,19,20). The Morgan fingerprint density at radius 3 is 2.50 bits per heavy atom. The largest absolute Gasteiger partial charge is 0.480 e. The molecular formula is C13H14F2N2O3. The van der Waals surface area contributed by atoms with Crippen LogP contribution in [0.2, 0.25) is 0 Å². The fourth-order valence-electron chi connectivity index (χ4n) is 2.03. The van der Waals surface area contributed by atoms with Crippen LogP contribution < -0.4 is 10.6 Å². The first-order valence-electron chi connectivity index (χ1n) is 6.16. The third kappa shape index (κ3) is 2.93. The number of carbonyl (C=O) groups is 2. The van der Waals surface area contributed by atoms with Gasteiger partial charge in [-0.05, 0) is 31.4 Å². The maximum Gasteiger partial charge on any atom is 0.323 e.